The monoisotopic (exact) mass is 688 g/mol. The molecule has 0 spiro atoms. The molecule has 0 aromatic carbocycles. The maximum Gasteiger partial charge on any atom is 0.0897 e. The van der Waals surface area contributed by atoms with Crippen LogP contribution in [0.3, 0.4) is 0 Å². The Labute approximate surface area is 273 Å². The molecule has 0 bridgehead atoms. The Kier molecular flexibility index (Phi) is 27.3. The van der Waals surface area contributed by atoms with Crippen LogP contribution >= 0.6 is 0 Å². The highest BCUT2D eigenvalue weighted by atomic mass is 79.9. The maximum atomic E-state index is 3.64. The summed E-state index contributed by atoms with van der Waals surface area (Å²) in [5, 5.41) is 0. The van der Waals surface area contributed by atoms with E-state index in [-0.39, 0.29) is 34.0 Å². The average molecular weight is 691 g/mol. The van der Waals surface area contributed by atoms with Crippen molar-refractivity contribution in [1.29, 1.82) is 0 Å². The number of quaternary nitrogens is 2. The molecule has 40 heavy (non-hydrogen) atoms. The van der Waals surface area contributed by atoms with Crippen LogP contribution in [0.15, 0.2) is 0 Å². The first-order chi connectivity index (χ1) is 18.7. The van der Waals surface area contributed by atoms with E-state index >= 15 is 0 Å². The molecular formula is C36H70Br2N2. The van der Waals surface area contributed by atoms with E-state index in [1.54, 1.807) is 0 Å². The highest BCUT2D eigenvalue weighted by molar-refractivity contribution is 4.98. The summed E-state index contributed by atoms with van der Waals surface area (Å²) in [6.07, 6.45) is 34.1. The van der Waals surface area contributed by atoms with Crippen LogP contribution in [0.25, 0.3) is 0 Å². The standard InChI is InChI=1S/C36H70N2.2BrH/c1-3-5-7-9-11-13-15-17-21-29-37(33-25-26-34-37)31-23-19-20-24-32-38(35-27-28-36-38)30-22-18-16-14-12-10-8-6-4-2;;/h3-18,21-36H2,1-2H3;2*1H/q+2;;/p-2. The van der Waals surface area contributed by atoms with Gasteiger partial charge in [0.15, 0.2) is 0 Å². The van der Waals surface area contributed by atoms with Crippen LogP contribution in [0.5, 0.6) is 0 Å². The maximum absolute atomic E-state index is 3.64. The van der Waals surface area contributed by atoms with Gasteiger partial charge in [0.05, 0.1) is 65.2 Å². The van der Waals surface area contributed by atoms with E-state index in [1.807, 2.05) is 0 Å². The van der Waals surface area contributed by atoms with Crippen LogP contribution < -0.4 is 34.0 Å². The van der Waals surface area contributed by atoms with Crippen molar-refractivity contribution in [2.45, 2.75) is 168 Å². The smallest absolute Gasteiger partial charge is 0.0897 e. The van der Waals surface area contributed by atoms with Gasteiger partial charge >= 0.3 is 0 Å². The minimum atomic E-state index is 0. The predicted octanol–water partition coefficient (Wildman–Crippen LogP) is 4.06. The summed E-state index contributed by atoms with van der Waals surface area (Å²) in [7, 11) is 0. The van der Waals surface area contributed by atoms with E-state index in [0.717, 1.165) is 12.8 Å². The third-order valence-corrected chi connectivity index (χ3v) is 10.0. The van der Waals surface area contributed by atoms with E-state index in [4.69, 9.17) is 0 Å². The van der Waals surface area contributed by atoms with Crippen LogP contribution in [0, 0.1) is 11.8 Å². The third kappa shape index (κ3) is 18.9. The molecule has 0 aliphatic carbocycles. The molecule has 0 unspecified atom stereocenters. The predicted molar refractivity (Wildman–Crippen MR) is 169 cm³/mol. The van der Waals surface area contributed by atoms with Crippen LogP contribution in [0.1, 0.15) is 168 Å². The summed E-state index contributed by atoms with van der Waals surface area (Å²) >= 11 is 0. The fraction of sp³-hybridized carbons (Fsp3) is 0.944. The summed E-state index contributed by atoms with van der Waals surface area (Å²) in [6.45, 7) is 15.8. The number of hydrogen-bond acceptors (Lipinski definition) is 0. The van der Waals surface area contributed by atoms with Gasteiger partial charge in [-0.1, -0.05) is 116 Å². The molecule has 2 aliphatic heterocycles. The first-order valence-corrected chi connectivity index (χ1v) is 17.9. The van der Waals surface area contributed by atoms with Gasteiger partial charge in [0.25, 0.3) is 0 Å². The Bertz CT molecular complexity index is 550. The van der Waals surface area contributed by atoms with Crippen molar-refractivity contribution in [1.82, 2.24) is 0 Å². The number of hydrogen-bond donors (Lipinski definition) is 0. The lowest BCUT2D eigenvalue weighted by molar-refractivity contribution is -0.916. The molecule has 0 aromatic heterocycles. The average Bonchev–Trinajstić information content (AvgIpc) is 3.59. The van der Waals surface area contributed by atoms with Gasteiger partial charge in [-0.15, -0.1) is 0 Å². The molecule has 2 rings (SSSR count). The molecule has 2 fully saturated rings. The first-order valence-electron chi connectivity index (χ1n) is 17.9. The third-order valence-electron chi connectivity index (χ3n) is 10.0. The molecule has 2 aliphatic rings. The van der Waals surface area contributed by atoms with Gasteiger partial charge in [-0.3, -0.25) is 0 Å². The highest BCUT2D eigenvalue weighted by Crippen LogP contribution is 2.23. The molecule has 238 valence electrons. The molecule has 2 heterocycles. The second-order valence-corrected chi connectivity index (χ2v) is 13.4. The van der Waals surface area contributed by atoms with Crippen LogP contribution in [0.4, 0.5) is 0 Å². The van der Waals surface area contributed by atoms with Crippen molar-refractivity contribution in [2.24, 2.45) is 0 Å². The number of unbranched alkanes of at least 4 members (excludes halogenated alkanes) is 16. The largest absolute Gasteiger partial charge is 1.00 e. The van der Waals surface area contributed by atoms with Crippen molar-refractivity contribution in [2.75, 3.05) is 52.4 Å². The molecule has 0 radical (unpaired) electrons. The van der Waals surface area contributed by atoms with Gasteiger partial charge in [0.2, 0.25) is 0 Å². The zero-order chi connectivity index (χ0) is 27.0. The molecule has 0 amide bonds. The normalized spacial score (nSPS) is 17.1. The Balaban J connectivity index is 0.00000760. The summed E-state index contributed by atoms with van der Waals surface area (Å²) in [5.74, 6) is 7.29. The van der Waals surface area contributed by atoms with Gasteiger partial charge in [0.1, 0.15) is 0 Å². The van der Waals surface area contributed by atoms with Gasteiger partial charge < -0.3 is 42.9 Å². The van der Waals surface area contributed by atoms with E-state index < -0.39 is 0 Å². The van der Waals surface area contributed by atoms with Gasteiger partial charge in [-0.2, -0.15) is 0 Å². The molecule has 4 heteroatoms. The zero-order valence-electron chi connectivity index (χ0n) is 27.3. The van der Waals surface area contributed by atoms with Gasteiger partial charge in [-0.05, 0) is 25.7 Å². The van der Waals surface area contributed by atoms with Gasteiger partial charge in [0, 0.05) is 25.7 Å². The van der Waals surface area contributed by atoms with E-state index in [9.17, 15) is 0 Å². The minimum absolute atomic E-state index is 0. The van der Waals surface area contributed by atoms with Gasteiger partial charge in [-0.25, -0.2) is 0 Å². The molecule has 0 aromatic rings. The Morgan fingerprint density at radius 2 is 0.650 bits per heavy atom. The minimum Gasteiger partial charge on any atom is -1.00 e. The van der Waals surface area contributed by atoms with Crippen molar-refractivity contribution in [3.8, 4) is 11.8 Å². The van der Waals surface area contributed by atoms with Crippen molar-refractivity contribution >= 4 is 0 Å². The number of likely N-dealkylation sites (tertiary alicyclic amines) is 2. The molecule has 0 N–H and O–H groups in total. The summed E-state index contributed by atoms with van der Waals surface area (Å²) in [5.41, 5.74) is 0. The van der Waals surface area contributed by atoms with E-state index in [0.29, 0.717) is 0 Å². The Morgan fingerprint density at radius 3 is 0.950 bits per heavy atom. The molecule has 0 saturated carbocycles. The molecule has 2 nitrogen and oxygen atoms in total. The summed E-state index contributed by atoms with van der Waals surface area (Å²) in [4.78, 5) is 0. The molecule has 2 saturated heterocycles. The first kappa shape index (κ1) is 40.4. The lowest BCUT2D eigenvalue weighted by atomic mass is 10.1. The van der Waals surface area contributed by atoms with E-state index in [1.165, 1.54) is 203 Å². The van der Waals surface area contributed by atoms with Crippen molar-refractivity contribution < 1.29 is 42.9 Å². The van der Waals surface area contributed by atoms with Crippen LogP contribution in [0.2, 0.25) is 0 Å². The fourth-order valence-corrected chi connectivity index (χ4v) is 7.41. The lowest BCUT2D eigenvalue weighted by Gasteiger charge is -2.34. The quantitative estimate of drug-likeness (QED) is 0.0816. The fourth-order valence-electron chi connectivity index (χ4n) is 7.41. The summed E-state index contributed by atoms with van der Waals surface area (Å²) in [6, 6.07) is 0. The van der Waals surface area contributed by atoms with Crippen LogP contribution in [-0.2, 0) is 0 Å². The van der Waals surface area contributed by atoms with Crippen molar-refractivity contribution in [3.63, 3.8) is 0 Å². The highest BCUT2D eigenvalue weighted by Gasteiger charge is 2.31. The number of nitrogens with zero attached hydrogens (tertiary/aromatic N) is 2. The second kappa shape index (κ2) is 27.0. The SMILES string of the molecule is CCCCCCCCCCC[N+]1(CCC#CCC[N+]2(CCCCCCCCCCC)CCCC2)CCCC1.[Br-].[Br-]. The molecular weight excluding hydrogens is 620 g/mol. The van der Waals surface area contributed by atoms with E-state index in [2.05, 4.69) is 25.7 Å². The lowest BCUT2D eigenvalue weighted by Crippen LogP contribution is -3.00. The zero-order valence-corrected chi connectivity index (χ0v) is 30.4. The Morgan fingerprint density at radius 1 is 0.375 bits per heavy atom. The van der Waals surface area contributed by atoms with Crippen LogP contribution in [-0.4, -0.2) is 61.3 Å². The number of rotatable bonds is 24. The molecule has 0 atom stereocenters. The summed E-state index contributed by atoms with van der Waals surface area (Å²) < 4.78 is 2.79. The second-order valence-electron chi connectivity index (χ2n) is 13.4. The number of halogens is 2. The van der Waals surface area contributed by atoms with Crippen molar-refractivity contribution in [3.05, 3.63) is 0 Å². The topological polar surface area (TPSA) is 0 Å². The Hall–Kier alpha value is 0.440.